The van der Waals surface area contributed by atoms with E-state index in [1.54, 1.807) is 0 Å². The van der Waals surface area contributed by atoms with Crippen LogP contribution in [0, 0.1) is 17.8 Å². The van der Waals surface area contributed by atoms with Gasteiger partial charge in [-0.1, -0.05) is 121 Å². The Hall–Kier alpha value is -1.43. The minimum absolute atomic E-state index is 0. The first kappa shape index (κ1) is 29.8. The summed E-state index contributed by atoms with van der Waals surface area (Å²) in [5, 5.41) is 4.54. The van der Waals surface area contributed by atoms with E-state index in [1.807, 2.05) is 0 Å². The van der Waals surface area contributed by atoms with Crippen molar-refractivity contribution in [1.82, 2.24) is 0 Å². The van der Waals surface area contributed by atoms with Crippen LogP contribution in [0.1, 0.15) is 72.6 Å². The average molecular weight is 554 g/mol. The van der Waals surface area contributed by atoms with E-state index in [0.717, 1.165) is 17.8 Å². The van der Waals surface area contributed by atoms with Crippen LogP contribution in [0.25, 0.3) is 0 Å². The molecule has 0 spiro atoms. The zero-order valence-corrected chi connectivity index (χ0v) is 24.9. The quantitative estimate of drug-likeness (QED) is 0.227. The average Bonchev–Trinajstić information content (AvgIpc) is 2.86. The number of benzene rings is 3. The Bertz CT molecular complexity index is 826. The molecule has 0 saturated carbocycles. The van der Waals surface area contributed by atoms with Gasteiger partial charge >= 0.3 is 0 Å². The topological polar surface area (TPSA) is 0 Å². The second-order valence-electron chi connectivity index (χ2n) is 10.8. The molecule has 0 aliphatic heterocycles. The molecule has 2 atom stereocenters. The van der Waals surface area contributed by atoms with Gasteiger partial charge in [-0.3, -0.25) is 0 Å². The Balaban J connectivity index is 0.00000432. The van der Waals surface area contributed by atoms with Gasteiger partial charge in [0.15, 0.2) is 0 Å². The van der Waals surface area contributed by atoms with Crippen LogP contribution >= 0.6 is 7.26 Å². The minimum atomic E-state index is -1.68. The van der Waals surface area contributed by atoms with E-state index in [-0.39, 0.29) is 17.0 Å². The van der Waals surface area contributed by atoms with Gasteiger partial charge in [0.2, 0.25) is 0 Å². The smallest absolute Gasteiger partial charge is 0.112 e. The molecule has 3 rings (SSSR count). The summed E-state index contributed by atoms with van der Waals surface area (Å²) < 4.78 is 0. The van der Waals surface area contributed by atoms with E-state index < -0.39 is 7.26 Å². The molecule has 3 aromatic carbocycles. The summed E-state index contributed by atoms with van der Waals surface area (Å²) in [5.41, 5.74) is 0. The molecule has 0 aliphatic carbocycles. The highest BCUT2D eigenvalue weighted by Crippen LogP contribution is 2.56. The highest BCUT2D eigenvalue weighted by molar-refractivity contribution is 7.95. The van der Waals surface area contributed by atoms with E-state index in [4.69, 9.17) is 0 Å². The first-order valence-corrected chi connectivity index (χ1v) is 15.5. The summed E-state index contributed by atoms with van der Waals surface area (Å²) in [6.07, 6.45) is 10.8. The van der Waals surface area contributed by atoms with E-state index in [1.165, 1.54) is 67.0 Å². The molecule has 0 aromatic heterocycles. The number of hydrogen-bond donors (Lipinski definition) is 0. The van der Waals surface area contributed by atoms with Gasteiger partial charge < -0.3 is 17.0 Å². The SMILES string of the molecule is CC(C)CCC[C@@H](C)CCC[C@@H](C)CC[P+](c1ccccc1)(c1ccccc1)c1ccccc1.[Br-]. The number of halogens is 1. The van der Waals surface area contributed by atoms with Crippen LogP contribution in [0.15, 0.2) is 91.0 Å². The van der Waals surface area contributed by atoms with Crippen LogP contribution in [-0.2, 0) is 0 Å². The Morgan fingerprint density at radius 1 is 0.486 bits per heavy atom. The molecule has 0 N–H and O–H groups in total. The van der Waals surface area contributed by atoms with Crippen LogP contribution in [0.5, 0.6) is 0 Å². The molecule has 0 fully saturated rings. The Labute approximate surface area is 227 Å². The maximum absolute atomic E-state index is 2.49. The normalized spacial score (nSPS) is 13.3. The van der Waals surface area contributed by atoms with Crippen molar-refractivity contribution in [1.29, 1.82) is 0 Å². The predicted octanol–water partition coefficient (Wildman–Crippen LogP) is 5.64. The molecule has 0 heterocycles. The maximum Gasteiger partial charge on any atom is 0.112 e. The molecule has 0 nitrogen and oxygen atoms in total. The van der Waals surface area contributed by atoms with Crippen molar-refractivity contribution < 1.29 is 17.0 Å². The molecule has 2 heteroatoms. The van der Waals surface area contributed by atoms with Crippen molar-refractivity contribution in [3.63, 3.8) is 0 Å². The third kappa shape index (κ3) is 8.87. The van der Waals surface area contributed by atoms with Gasteiger partial charge in [0.25, 0.3) is 0 Å². The minimum Gasteiger partial charge on any atom is -1.00 e. The van der Waals surface area contributed by atoms with Crippen molar-refractivity contribution in [3.05, 3.63) is 91.0 Å². The fourth-order valence-electron chi connectivity index (χ4n) is 5.27. The van der Waals surface area contributed by atoms with Gasteiger partial charge in [0.05, 0.1) is 6.16 Å². The van der Waals surface area contributed by atoms with Crippen molar-refractivity contribution in [3.8, 4) is 0 Å². The van der Waals surface area contributed by atoms with Gasteiger partial charge in [0.1, 0.15) is 23.2 Å². The summed E-state index contributed by atoms with van der Waals surface area (Å²) in [7, 11) is -1.68. The molecule has 0 bridgehead atoms. The summed E-state index contributed by atoms with van der Waals surface area (Å²) in [4.78, 5) is 0. The lowest BCUT2D eigenvalue weighted by atomic mass is 9.93. The van der Waals surface area contributed by atoms with E-state index in [0.29, 0.717) is 0 Å². The summed E-state index contributed by atoms with van der Waals surface area (Å²) >= 11 is 0. The van der Waals surface area contributed by atoms with Gasteiger partial charge in [-0.15, -0.1) is 0 Å². The Kier molecular flexibility index (Phi) is 13.3. The van der Waals surface area contributed by atoms with E-state index in [2.05, 4.69) is 119 Å². The number of hydrogen-bond acceptors (Lipinski definition) is 0. The maximum atomic E-state index is 2.49. The molecule has 0 saturated heterocycles. The standard InChI is InChI=1S/C33H46P.BrH/c1-28(2)16-14-17-29(3)18-15-19-30(4)26-27-34(31-20-8-5-9-21-31,32-22-10-6-11-23-32)33-24-12-7-13-25-33;/h5-13,20-25,28-30H,14-19,26-27H2,1-4H3;1H/q+1;/p-1/t29-,30-;/m1./s1. The largest absolute Gasteiger partial charge is 1.00 e. The lowest BCUT2D eigenvalue weighted by molar-refractivity contribution is -0.00000734. The van der Waals surface area contributed by atoms with Crippen molar-refractivity contribution in [2.45, 2.75) is 72.6 Å². The van der Waals surface area contributed by atoms with Gasteiger partial charge in [-0.05, 0) is 60.6 Å². The van der Waals surface area contributed by atoms with E-state index in [9.17, 15) is 0 Å². The molecular weight excluding hydrogens is 507 g/mol. The monoisotopic (exact) mass is 552 g/mol. The zero-order chi connectivity index (χ0) is 24.2. The number of rotatable bonds is 14. The molecule has 3 aromatic rings. The summed E-state index contributed by atoms with van der Waals surface area (Å²) in [6.45, 7) is 9.63. The Morgan fingerprint density at radius 2 is 0.829 bits per heavy atom. The lowest BCUT2D eigenvalue weighted by Gasteiger charge is -2.29. The first-order chi connectivity index (χ1) is 16.5. The van der Waals surface area contributed by atoms with Crippen LogP contribution < -0.4 is 32.9 Å². The van der Waals surface area contributed by atoms with Crippen LogP contribution in [0.2, 0.25) is 0 Å². The third-order valence-electron chi connectivity index (χ3n) is 7.42. The van der Waals surface area contributed by atoms with Crippen LogP contribution in [0.3, 0.4) is 0 Å². The molecule has 0 aliphatic rings. The van der Waals surface area contributed by atoms with Crippen molar-refractivity contribution >= 4 is 23.2 Å². The molecular formula is C33H46BrP. The third-order valence-corrected chi connectivity index (χ3v) is 11.9. The summed E-state index contributed by atoms with van der Waals surface area (Å²) in [6, 6.07) is 34.0. The molecule has 0 amide bonds. The Morgan fingerprint density at radius 3 is 1.20 bits per heavy atom. The van der Waals surface area contributed by atoms with Gasteiger partial charge in [-0.25, -0.2) is 0 Å². The molecule has 35 heavy (non-hydrogen) atoms. The van der Waals surface area contributed by atoms with Gasteiger partial charge in [-0.2, -0.15) is 0 Å². The van der Waals surface area contributed by atoms with Crippen LogP contribution in [0.4, 0.5) is 0 Å². The van der Waals surface area contributed by atoms with Gasteiger partial charge in [0, 0.05) is 0 Å². The molecule has 190 valence electrons. The highest BCUT2D eigenvalue weighted by Gasteiger charge is 2.44. The fraction of sp³-hybridized carbons (Fsp3) is 0.455. The van der Waals surface area contributed by atoms with Crippen LogP contribution in [-0.4, -0.2) is 6.16 Å². The lowest BCUT2D eigenvalue weighted by Crippen LogP contribution is -3.00. The highest BCUT2D eigenvalue weighted by atomic mass is 79.9. The summed E-state index contributed by atoms with van der Waals surface area (Å²) in [5.74, 6) is 2.48. The van der Waals surface area contributed by atoms with Crippen molar-refractivity contribution in [2.75, 3.05) is 6.16 Å². The molecule has 0 radical (unpaired) electrons. The zero-order valence-electron chi connectivity index (χ0n) is 22.4. The van der Waals surface area contributed by atoms with Crippen molar-refractivity contribution in [2.24, 2.45) is 17.8 Å². The molecule has 0 unspecified atom stereocenters. The predicted molar refractivity (Wildman–Crippen MR) is 155 cm³/mol. The van der Waals surface area contributed by atoms with E-state index >= 15 is 0 Å². The first-order valence-electron chi connectivity index (χ1n) is 13.6. The second kappa shape index (κ2) is 15.6. The second-order valence-corrected chi connectivity index (χ2v) is 14.4. The fourth-order valence-corrected chi connectivity index (χ4v) is 9.81.